The van der Waals surface area contributed by atoms with Crippen molar-refractivity contribution in [2.45, 2.75) is 71.2 Å². The lowest BCUT2D eigenvalue weighted by atomic mass is 10.0. The van der Waals surface area contributed by atoms with Gasteiger partial charge in [0.05, 0.1) is 23.0 Å². The first-order valence-electron chi connectivity index (χ1n) is 13.2. The fourth-order valence-electron chi connectivity index (χ4n) is 4.88. The van der Waals surface area contributed by atoms with E-state index in [9.17, 15) is 18.3 Å². The number of nitrogens with zero attached hydrogens (tertiary/aromatic N) is 1. The molecule has 0 saturated carbocycles. The van der Waals surface area contributed by atoms with Gasteiger partial charge < -0.3 is 9.84 Å². The maximum Gasteiger partial charge on any atom is 0.312 e. The summed E-state index contributed by atoms with van der Waals surface area (Å²) in [6, 6.07) is 21.5. The SMILES string of the molecule is C/C=C/[C@@H](O)[C@@H](C)C(=O)O[C@H](c1ccccc1)[C@H](C)N(Cc1ccccc1)S(=O)(=O)c1c(C)cc(C)cc1C. The maximum absolute atomic E-state index is 14.4. The number of allylic oxidation sites excluding steroid dienone is 1. The zero-order valence-corrected chi connectivity index (χ0v) is 24.4. The van der Waals surface area contributed by atoms with E-state index in [1.165, 1.54) is 10.4 Å². The number of hydrogen-bond acceptors (Lipinski definition) is 5. The van der Waals surface area contributed by atoms with Crippen LogP contribution in [0.1, 0.15) is 54.7 Å². The summed E-state index contributed by atoms with van der Waals surface area (Å²) in [5.41, 5.74) is 3.78. The van der Waals surface area contributed by atoms with E-state index in [-0.39, 0.29) is 11.4 Å². The number of sulfonamides is 1. The summed E-state index contributed by atoms with van der Waals surface area (Å²) in [7, 11) is -4.03. The van der Waals surface area contributed by atoms with Gasteiger partial charge >= 0.3 is 5.97 Å². The van der Waals surface area contributed by atoms with Gasteiger partial charge in [-0.25, -0.2) is 8.42 Å². The molecule has 0 bridgehead atoms. The number of benzene rings is 3. The lowest BCUT2D eigenvalue weighted by Gasteiger charge is -2.35. The minimum absolute atomic E-state index is 0.0920. The molecule has 0 saturated heterocycles. The molecule has 4 atom stereocenters. The number of carbonyl (C=O) groups is 1. The summed E-state index contributed by atoms with van der Waals surface area (Å²) < 4.78 is 36.3. The van der Waals surface area contributed by atoms with Crippen molar-refractivity contribution in [2.75, 3.05) is 0 Å². The molecule has 3 aromatic carbocycles. The van der Waals surface area contributed by atoms with Crippen LogP contribution in [0.4, 0.5) is 0 Å². The van der Waals surface area contributed by atoms with Crippen molar-refractivity contribution in [1.29, 1.82) is 0 Å². The molecule has 7 heteroatoms. The van der Waals surface area contributed by atoms with Gasteiger partial charge in [0.25, 0.3) is 0 Å². The molecule has 0 aromatic heterocycles. The highest BCUT2D eigenvalue weighted by Crippen LogP contribution is 2.34. The smallest absolute Gasteiger partial charge is 0.312 e. The highest BCUT2D eigenvalue weighted by atomic mass is 32.2. The van der Waals surface area contributed by atoms with Gasteiger partial charge in [-0.3, -0.25) is 4.79 Å². The first-order valence-corrected chi connectivity index (χ1v) is 14.6. The number of hydrogen-bond donors (Lipinski definition) is 1. The third-order valence-corrected chi connectivity index (χ3v) is 9.13. The Morgan fingerprint density at radius 1 is 0.949 bits per heavy atom. The van der Waals surface area contributed by atoms with Crippen molar-refractivity contribution in [3.8, 4) is 0 Å². The Balaban J connectivity index is 2.13. The average molecular weight is 550 g/mol. The zero-order valence-electron chi connectivity index (χ0n) is 23.5. The van der Waals surface area contributed by atoms with Crippen LogP contribution in [0.3, 0.4) is 0 Å². The van der Waals surface area contributed by atoms with E-state index < -0.39 is 40.2 Å². The van der Waals surface area contributed by atoms with Gasteiger partial charge in [-0.05, 0) is 63.8 Å². The van der Waals surface area contributed by atoms with Crippen LogP contribution in [0.5, 0.6) is 0 Å². The van der Waals surface area contributed by atoms with E-state index in [0.29, 0.717) is 16.7 Å². The molecule has 0 radical (unpaired) electrons. The number of aliphatic hydroxyl groups excluding tert-OH is 1. The van der Waals surface area contributed by atoms with Gasteiger partial charge in [0, 0.05) is 6.54 Å². The average Bonchev–Trinajstić information content (AvgIpc) is 2.89. The van der Waals surface area contributed by atoms with Crippen LogP contribution in [-0.2, 0) is 26.1 Å². The first kappa shape index (κ1) is 30.3. The Labute approximate surface area is 233 Å². The molecule has 3 aromatic rings. The summed E-state index contributed by atoms with van der Waals surface area (Å²) in [6.07, 6.45) is 1.27. The van der Waals surface area contributed by atoms with Crippen LogP contribution < -0.4 is 0 Å². The van der Waals surface area contributed by atoms with Crippen molar-refractivity contribution in [2.24, 2.45) is 5.92 Å². The maximum atomic E-state index is 14.4. The Bertz CT molecular complexity index is 1360. The van der Waals surface area contributed by atoms with Crippen molar-refractivity contribution in [3.63, 3.8) is 0 Å². The van der Waals surface area contributed by atoms with Gasteiger partial charge in [0.1, 0.15) is 6.10 Å². The topological polar surface area (TPSA) is 83.9 Å². The van der Waals surface area contributed by atoms with Crippen molar-refractivity contribution < 1.29 is 23.1 Å². The Morgan fingerprint density at radius 3 is 2.03 bits per heavy atom. The summed E-state index contributed by atoms with van der Waals surface area (Å²) >= 11 is 0. The van der Waals surface area contributed by atoms with Crippen LogP contribution >= 0.6 is 0 Å². The zero-order chi connectivity index (χ0) is 28.7. The number of rotatable bonds is 11. The molecular formula is C32H39NO5S. The van der Waals surface area contributed by atoms with Crippen LogP contribution in [0, 0.1) is 26.7 Å². The fourth-order valence-corrected chi connectivity index (χ4v) is 6.91. The quantitative estimate of drug-likeness (QED) is 0.233. The molecule has 0 aliphatic heterocycles. The molecule has 0 fully saturated rings. The fraction of sp³-hybridized carbons (Fsp3) is 0.344. The molecule has 0 spiro atoms. The third kappa shape index (κ3) is 7.24. The highest BCUT2D eigenvalue weighted by molar-refractivity contribution is 7.89. The van der Waals surface area contributed by atoms with Gasteiger partial charge in [-0.2, -0.15) is 4.31 Å². The van der Waals surface area contributed by atoms with Crippen LogP contribution in [0.15, 0.2) is 89.8 Å². The first-order chi connectivity index (χ1) is 18.5. The van der Waals surface area contributed by atoms with Crippen LogP contribution in [-0.4, -0.2) is 35.9 Å². The summed E-state index contributed by atoms with van der Waals surface area (Å²) in [6.45, 7) is 10.8. The van der Waals surface area contributed by atoms with E-state index in [0.717, 1.165) is 11.1 Å². The van der Waals surface area contributed by atoms with Crippen LogP contribution in [0.2, 0.25) is 0 Å². The number of aliphatic hydroxyl groups is 1. The minimum atomic E-state index is -4.03. The van der Waals surface area contributed by atoms with Gasteiger partial charge in [-0.15, -0.1) is 0 Å². The number of esters is 1. The van der Waals surface area contributed by atoms with E-state index >= 15 is 0 Å². The molecular weight excluding hydrogens is 510 g/mol. The molecule has 0 unspecified atom stereocenters. The van der Waals surface area contributed by atoms with E-state index in [2.05, 4.69) is 0 Å². The third-order valence-electron chi connectivity index (χ3n) is 6.89. The predicted octanol–water partition coefficient (Wildman–Crippen LogP) is 6.05. The standard InChI is InChI=1S/C32H39NO5S/c1-7-14-29(34)25(5)32(35)38-30(28-17-12-9-13-18-28)26(6)33(21-27-15-10-8-11-16-27)39(36,37)31-23(3)19-22(2)20-24(31)4/h7-20,25-26,29-30,34H,21H2,1-6H3/b14-7+/t25-,26+,29-,30+/m1/s1. The molecule has 39 heavy (non-hydrogen) atoms. The normalized spacial score (nSPS) is 15.2. The number of carbonyl (C=O) groups excluding carboxylic acids is 1. The number of ether oxygens (including phenoxy) is 1. The lowest BCUT2D eigenvalue weighted by Crippen LogP contribution is -2.44. The monoisotopic (exact) mass is 549 g/mol. The Kier molecular flexibility index (Phi) is 10.2. The Hall–Kier alpha value is -3.26. The highest BCUT2D eigenvalue weighted by Gasteiger charge is 2.38. The molecule has 0 amide bonds. The Morgan fingerprint density at radius 2 is 1.49 bits per heavy atom. The van der Waals surface area contributed by atoms with Gasteiger partial charge in [-0.1, -0.05) is 90.5 Å². The van der Waals surface area contributed by atoms with E-state index in [1.807, 2.05) is 79.7 Å². The van der Waals surface area contributed by atoms with E-state index in [1.54, 1.807) is 40.7 Å². The molecule has 3 rings (SSSR count). The molecule has 6 nitrogen and oxygen atoms in total. The molecule has 0 aliphatic carbocycles. The predicted molar refractivity (Wildman–Crippen MR) is 155 cm³/mol. The van der Waals surface area contributed by atoms with Crippen molar-refractivity contribution >= 4 is 16.0 Å². The molecule has 208 valence electrons. The molecule has 0 heterocycles. The number of aryl methyl sites for hydroxylation is 3. The molecule has 0 aliphatic rings. The van der Waals surface area contributed by atoms with E-state index in [4.69, 9.17) is 4.74 Å². The summed E-state index contributed by atoms with van der Waals surface area (Å²) in [5, 5.41) is 10.4. The lowest BCUT2D eigenvalue weighted by molar-refractivity contribution is -0.159. The largest absolute Gasteiger partial charge is 0.455 e. The van der Waals surface area contributed by atoms with Gasteiger partial charge in [0.15, 0.2) is 0 Å². The van der Waals surface area contributed by atoms with Gasteiger partial charge in [0.2, 0.25) is 10.0 Å². The van der Waals surface area contributed by atoms with Crippen LogP contribution in [0.25, 0.3) is 0 Å². The summed E-state index contributed by atoms with van der Waals surface area (Å²) in [4.78, 5) is 13.5. The second kappa shape index (κ2) is 13.2. The minimum Gasteiger partial charge on any atom is -0.455 e. The van der Waals surface area contributed by atoms with Crippen molar-refractivity contribution in [3.05, 3.63) is 113 Å². The summed E-state index contributed by atoms with van der Waals surface area (Å²) in [5.74, 6) is -1.44. The van der Waals surface area contributed by atoms with Crippen molar-refractivity contribution in [1.82, 2.24) is 4.31 Å². The second-order valence-corrected chi connectivity index (χ2v) is 11.9. The molecule has 1 N–H and O–H groups in total. The second-order valence-electron chi connectivity index (χ2n) is 10.1.